The summed E-state index contributed by atoms with van der Waals surface area (Å²) in [7, 11) is 0. The van der Waals surface area contributed by atoms with Crippen LogP contribution in [0.4, 0.5) is 4.39 Å². The highest BCUT2D eigenvalue weighted by Crippen LogP contribution is 2.16. The number of hydrogen-bond acceptors (Lipinski definition) is 2. The van der Waals surface area contributed by atoms with Crippen LogP contribution in [0.25, 0.3) is 0 Å². The second-order valence-electron chi connectivity index (χ2n) is 4.29. The summed E-state index contributed by atoms with van der Waals surface area (Å²) in [4.78, 5) is 0. The fourth-order valence-electron chi connectivity index (χ4n) is 1.86. The van der Waals surface area contributed by atoms with E-state index in [9.17, 15) is 4.39 Å². The van der Waals surface area contributed by atoms with Crippen molar-refractivity contribution in [2.75, 3.05) is 6.67 Å². The Morgan fingerprint density at radius 3 is 2.69 bits per heavy atom. The van der Waals surface area contributed by atoms with E-state index in [1.54, 1.807) is 0 Å². The van der Waals surface area contributed by atoms with E-state index >= 15 is 0 Å². The Labute approximate surface area is 96.8 Å². The molecule has 0 radical (unpaired) electrons. The van der Waals surface area contributed by atoms with Crippen molar-refractivity contribution in [1.29, 1.82) is 0 Å². The maximum Gasteiger partial charge on any atom is 0.0912 e. The van der Waals surface area contributed by atoms with E-state index in [0.717, 1.165) is 24.2 Å². The number of nitrogens with two attached hydrogens (primary N) is 1. The highest BCUT2D eigenvalue weighted by molar-refractivity contribution is 5.25. The Hall–Kier alpha value is -0.900. The predicted octanol–water partition coefficient (Wildman–Crippen LogP) is 2.14. The summed E-state index contributed by atoms with van der Waals surface area (Å²) in [6, 6.07) is 0.191. The fraction of sp³-hybridized carbons (Fsp3) is 0.750. The normalized spacial score (nSPS) is 13.1. The number of nitrogens with zero attached hydrogens (tertiary/aromatic N) is 2. The lowest BCUT2D eigenvalue weighted by atomic mass is 10.0. The summed E-state index contributed by atoms with van der Waals surface area (Å²) in [6.07, 6.45) is 2.36. The van der Waals surface area contributed by atoms with Gasteiger partial charge < -0.3 is 5.73 Å². The molecular weight excluding hydrogens is 205 g/mol. The van der Waals surface area contributed by atoms with Crippen LogP contribution in [0.2, 0.25) is 0 Å². The third-order valence-electron chi connectivity index (χ3n) is 3.03. The van der Waals surface area contributed by atoms with Crippen molar-refractivity contribution in [3.05, 3.63) is 17.0 Å². The van der Waals surface area contributed by atoms with Crippen LogP contribution in [0.5, 0.6) is 0 Å². The molecule has 1 heterocycles. The number of halogens is 1. The fourth-order valence-corrected chi connectivity index (χ4v) is 1.86. The van der Waals surface area contributed by atoms with E-state index in [0.29, 0.717) is 13.0 Å². The third kappa shape index (κ3) is 3.04. The summed E-state index contributed by atoms with van der Waals surface area (Å²) in [5.41, 5.74) is 9.35. The first kappa shape index (κ1) is 13.2. The van der Waals surface area contributed by atoms with Gasteiger partial charge >= 0.3 is 0 Å². The molecule has 0 aliphatic rings. The Balaban J connectivity index is 2.80. The lowest BCUT2D eigenvalue weighted by Crippen LogP contribution is -2.22. The van der Waals surface area contributed by atoms with Crippen molar-refractivity contribution >= 4 is 0 Å². The largest absolute Gasteiger partial charge is 0.327 e. The highest BCUT2D eigenvalue weighted by Gasteiger charge is 2.13. The van der Waals surface area contributed by atoms with Crippen molar-refractivity contribution < 1.29 is 4.39 Å². The Kier molecular flexibility index (Phi) is 4.93. The Bertz CT molecular complexity index is 333. The topological polar surface area (TPSA) is 43.8 Å². The zero-order valence-corrected chi connectivity index (χ0v) is 10.5. The number of hydrogen-bond donors (Lipinski definition) is 1. The van der Waals surface area contributed by atoms with Gasteiger partial charge in [-0.25, -0.2) is 0 Å². The standard InChI is InChI=1S/C12H22FN3/c1-4-11(14)8-12-9(2)15-16(10(12)3)7-5-6-13/h11H,4-8,14H2,1-3H3. The average Bonchev–Trinajstić information content (AvgIpc) is 2.53. The van der Waals surface area contributed by atoms with Crippen LogP contribution < -0.4 is 5.73 Å². The van der Waals surface area contributed by atoms with Crippen LogP contribution in [-0.2, 0) is 13.0 Å². The van der Waals surface area contributed by atoms with Crippen molar-refractivity contribution in [3.63, 3.8) is 0 Å². The molecule has 0 aliphatic carbocycles. The van der Waals surface area contributed by atoms with Gasteiger partial charge in [-0.2, -0.15) is 5.10 Å². The molecule has 16 heavy (non-hydrogen) atoms. The van der Waals surface area contributed by atoms with Gasteiger partial charge in [-0.15, -0.1) is 0 Å². The second-order valence-corrected chi connectivity index (χ2v) is 4.29. The average molecular weight is 227 g/mol. The molecular formula is C12H22FN3. The van der Waals surface area contributed by atoms with Gasteiger partial charge in [0.2, 0.25) is 0 Å². The smallest absolute Gasteiger partial charge is 0.0912 e. The van der Waals surface area contributed by atoms with Crippen molar-refractivity contribution in [2.45, 2.75) is 52.6 Å². The molecule has 1 atom stereocenters. The number of aromatic nitrogens is 2. The van der Waals surface area contributed by atoms with Gasteiger partial charge in [0.05, 0.1) is 12.4 Å². The van der Waals surface area contributed by atoms with Crippen LogP contribution in [0.15, 0.2) is 0 Å². The molecule has 0 fully saturated rings. The predicted molar refractivity (Wildman–Crippen MR) is 64.3 cm³/mol. The molecule has 1 aromatic rings. The van der Waals surface area contributed by atoms with Crippen LogP contribution in [0.3, 0.4) is 0 Å². The maximum atomic E-state index is 12.1. The minimum absolute atomic E-state index is 0.191. The second kappa shape index (κ2) is 5.99. The summed E-state index contributed by atoms with van der Waals surface area (Å²) in [5, 5.41) is 4.43. The Morgan fingerprint density at radius 2 is 2.12 bits per heavy atom. The first-order valence-corrected chi connectivity index (χ1v) is 5.94. The van der Waals surface area contributed by atoms with E-state index < -0.39 is 0 Å². The van der Waals surface area contributed by atoms with Gasteiger partial charge in [-0.3, -0.25) is 9.07 Å². The monoisotopic (exact) mass is 227 g/mol. The van der Waals surface area contributed by atoms with Crippen LogP contribution in [0.1, 0.15) is 36.7 Å². The van der Waals surface area contributed by atoms with E-state index in [1.807, 2.05) is 18.5 Å². The van der Waals surface area contributed by atoms with Crippen molar-refractivity contribution in [2.24, 2.45) is 5.73 Å². The van der Waals surface area contributed by atoms with Gasteiger partial charge in [0.1, 0.15) is 0 Å². The molecule has 4 heteroatoms. The summed E-state index contributed by atoms with van der Waals surface area (Å²) >= 11 is 0. The van der Waals surface area contributed by atoms with Gasteiger partial charge in [0, 0.05) is 18.3 Å². The van der Waals surface area contributed by atoms with Gasteiger partial charge in [0.15, 0.2) is 0 Å². The molecule has 0 aromatic carbocycles. The molecule has 2 N–H and O–H groups in total. The van der Waals surface area contributed by atoms with Gasteiger partial charge in [0.25, 0.3) is 0 Å². The SMILES string of the molecule is CCC(N)Cc1c(C)nn(CCCF)c1C. The molecule has 0 amide bonds. The molecule has 92 valence electrons. The molecule has 0 saturated heterocycles. The highest BCUT2D eigenvalue weighted by atomic mass is 19.1. The van der Waals surface area contributed by atoms with E-state index in [4.69, 9.17) is 5.73 Å². The van der Waals surface area contributed by atoms with Gasteiger partial charge in [-0.05, 0) is 38.7 Å². The van der Waals surface area contributed by atoms with E-state index in [1.165, 1.54) is 5.56 Å². The molecule has 0 spiro atoms. The lowest BCUT2D eigenvalue weighted by Gasteiger charge is -2.09. The van der Waals surface area contributed by atoms with Crippen molar-refractivity contribution in [1.82, 2.24) is 9.78 Å². The van der Waals surface area contributed by atoms with Gasteiger partial charge in [-0.1, -0.05) is 6.92 Å². The minimum Gasteiger partial charge on any atom is -0.327 e. The maximum absolute atomic E-state index is 12.1. The number of aryl methyl sites for hydroxylation is 2. The van der Waals surface area contributed by atoms with Crippen molar-refractivity contribution in [3.8, 4) is 0 Å². The third-order valence-corrected chi connectivity index (χ3v) is 3.03. The number of alkyl halides is 1. The molecule has 1 aromatic heterocycles. The van der Waals surface area contributed by atoms with E-state index in [-0.39, 0.29) is 12.7 Å². The molecule has 0 bridgehead atoms. The quantitative estimate of drug-likeness (QED) is 0.809. The summed E-state index contributed by atoms with van der Waals surface area (Å²) in [6.45, 7) is 6.49. The lowest BCUT2D eigenvalue weighted by molar-refractivity contribution is 0.431. The zero-order valence-electron chi connectivity index (χ0n) is 10.5. The zero-order chi connectivity index (χ0) is 12.1. The molecule has 0 aliphatic heterocycles. The molecule has 1 rings (SSSR count). The first-order chi connectivity index (χ1) is 7.60. The molecule has 3 nitrogen and oxygen atoms in total. The summed E-state index contributed by atoms with van der Waals surface area (Å²) in [5.74, 6) is 0. The number of rotatable bonds is 6. The van der Waals surface area contributed by atoms with Crippen LogP contribution in [0, 0.1) is 13.8 Å². The molecule has 0 saturated carbocycles. The minimum atomic E-state index is -0.290. The van der Waals surface area contributed by atoms with Crippen LogP contribution in [-0.4, -0.2) is 22.5 Å². The summed E-state index contributed by atoms with van der Waals surface area (Å²) < 4.78 is 14.0. The van der Waals surface area contributed by atoms with Crippen LogP contribution >= 0.6 is 0 Å². The molecule has 1 unspecified atom stereocenters. The Morgan fingerprint density at radius 1 is 1.44 bits per heavy atom. The van der Waals surface area contributed by atoms with E-state index in [2.05, 4.69) is 12.0 Å². The first-order valence-electron chi connectivity index (χ1n) is 5.94.